The van der Waals surface area contributed by atoms with Gasteiger partial charge >= 0.3 is 6.09 Å². The summed E-state index contributed by atoms with van der Waals surface area (Å²) >= 11 is 6.57. The molecular weight excluding hydrogens is 508 g/mol. The number of carbonyl (C=O) groups excluding carboxylic acids is 2. The van der Waals surface area contributed by atoms with Gasteiger partial charge in [0, 0.05) is 25.4 Å². The number of aliphatic hydroxyl groups is 1. The number of halogens is 1. The molecule has 2 N–H and O–H groups in total. The average molecular weight is 549 g/mol. The highest BCUT2D eigenvalue weighted by Crippen LogP contribution is 2.47. The second-order valence-corrected chi connectivity index (χ2v) is 10.6. The molecule has 0 saturated carbocycles. The smallest absolute Gasteiger partial charge is 0.407 e. The van der Waals surface area contributed by atoms with Crippen molar-refractivity contribution in [2.75, 3.05) is 19.1 Å². The lowest BCUT2D eigenvalue weighted by Gasteiger charge is -2.33. The maximum Gasteiger partial charge on any atom is 0.407 e. The monoisotopic (exact) mass is 548 g/mol. The first kappa shape index (κ1) is 30.0. The molecule has 0 radical (unpaired) electrons. The number of ether oxygens (including phenoxy) is 3. The first-order valence-electron chi connectivity index (χ1n) is 13.3. The molecule has 3 heterocycles. The molecule has 1 aromatic rings. The molecule has 2 fully saturated rings. The molecule has 2 amide bonds. The maximum atomic E-state index is 13.2. The van der Waals surface area contributed by atoms with Gasteiger partial charge in [-0.25, -0.2) is 4.79 Å². The van der Waals surface area contributed by atoms with Crippen LogP contribution in [0.15, 0.2) is 35.9 Å². The highest BCUT2D eigenvalue weighted by molar-refractivity contribution is 6.35. The standard InChI is InChI=1S/C27H35ClN2O6.C2H6/c1-15-8-6-7-9-18-13-20(35-26(33)29-18)16(2)25-27(3,36-25)22(31)14-23(32)30(4)19-11-17(10-15)12-21(34-5)24(19)28;1-2/h6-8,11-12,16,18,20,22,25,31H,9-10,13-14H2,1-5H3,(H,29,33);1-2H3/b7-6+,15-8+;/t16-,18?,20?,22+,25?,27+;/m1./s1. The number of nitrogens with zero attached hydrogens (tertiary/aromatic N) is 1. The van der Waals surface area contributed by atoms with E-state index in [2.05, 4.69) is 5.32 Å². The zero-order valence-corrected chi connectivity index (χ0v) is 24.2. The SMILES string of the molecule is CC.COc1cc2cc(c1Cl)N(C)C(=O)C[C@H](O)[C@]1(C)OC1[C@H](C)C1CC(C/C=C/C=C(\C)C2)NC(=O)O1. The summed E-state index contributed by atoms with van der Waals surface area (Å²) in [6.07, 6.45) is 5.70. The van der Waals surface area contributed by atoms with Crippen LogP contribution in [0.1, 0.15) is 59.4 Å². The lowest BCUT2D eigenvalue weighted by atomic mass is 9.85. The maximum absolute atomic E-state index is 13.2. The quantitative estimate of drug-likeness (QED) is 0.468. The first-order chi connectivity index (χ1) is 18.0. The molecule has 0 spiro atoms. The molecule has 0 aromatic heterocycles. The number of methoxy groups -OCH3 is 1. The Hall–Kier alpha value is -2.55. The van der Waals surface area contributed by atoms with E-state index in [-0.39, 0.29) is 36.5 Å². The van der Waals surface area contributed by atoms with Crippen LogP contribution in [0, 0.1) is 5.92 Å². The average Bonchev–Trinajstić information content (AvgIpc) is 3.59. The van der Waals surface area contributed by atoms with Crippen LogP contribution in [0.2, 0.25) is 5.02 Å². The zero-order valence-electron chi connectivity index (χ0n) is 23.4. The fraction of sp³-hybridized carbons (Fsp3) is 0.586. The van der Waals surface area contributed by atoms with Gasteiger partial charge in [-0.3, -0.25) is 4.79 Å². The number of benzene rings is 1. The van der Waals surface area contributed by atoms with Gasteiger partial charge in [0.05, 0.1) is 31.4 Å². The molecule has 3 aliphatic rings. The second-order valence-electron chi connectivity index (χ2n) is 10.3. The Morgan fingerprint density at radius 1 is 1.26 bits per heavy atom. The van der Waals surface area contributed by atoms with E-state index in [1.165, 1.54) is 4.90 Å². The van der Waals surface area contributed by atoms with Crippen molar-refractivity contribution in [2.24, 2.45) is 5.92 Å². The van der Waals surface area contributed by atoms with Crippen molar-refractivity contribution in [1.29, 1.82) is 0 Å². The third kappa shape index (κ3) is 6.53. The Morgan fingerprint density at radius 3 is 2.66 bits per heavy atom. The van der Waals surface area contributed by atoms with E-state index in [0.29, 0.717) is 35.7 Å². The van der Waals surface area contributed by atoms with Gasteiger partial charge in [-0.1, -0.05) is 56.2 Å². The highest BCUT2D eigenvalue weighted by Gasteiger charge is 2.61. The number of hydrogen-bond acceptors (Lipinski definition) is 6. The molecule has 0 aliphatic carbocycles. The van der Waals surface area contributed by atoms with Gasteiger partial charge in [-0.05, 0) is 44.4 Å². The number of fused-ring (bicyclic) bond motifs is 5. The minimum absolute atomic E-state index is 0.0565. The number of amides is 2. The van der Waals surface area contributed by atoms with Crippen molar-refractivity contribution in [2.45, 2.75) is 90.3 Å². The van der Waals surface area contributed by atoms with Crippen molar-refractivity contribution in [1.82, 2.24) is 5.32 Å². The molecule has 8 nitrogen and oxygen atoms in total. The fourth-order valence-corrected chi connectivity index (χ4v) is 5.48. The van der Waals surface area contributed by atoms with Gasteiger partial charge in [0.25, 0.3) is 0 Å². The first-order valence-corrected chi connectivity index (χ1v) is 13.7. The Labute approximate surface area is 231 Å². The molecule has 38 heavy (non-hydrogen) atoms. The number of hydrogen-bond donors (Lipinski definition) is 2. The van der Waals surface area contributed by atoms with Crippen molar-refractivity contribution in [3.63, 3.8) is 0 Å². The Balaban J connectivity index is 0.00000195. The van der Waals surface area contributed by atoms with Crippen LogP contribution in [0.4, 0.5) is 10.5 Å². The van der Waals surface area contributed by atoms with Crippen LogP contribution in [0.3, 0.4) is 0 Å². The van der Waals surface area contributed by atoms with Gasteiger partial charge in [0.1, 0.15) is 22.5 Å². The third-order valence-corrected chi connectivity index (χ3v) is 7.91. The highest BCUT2D eigenvalue weighted by atomic mass is 35.5. The van der Waals surface area contributed by atoms with E-state index in [1.54, 1.807) is 21.1 Å². The molecule has 2 saturated heterocycles. The van der Waals surface area contributed by atoms with Crippen LogP contribution in [-0.4, -0.2) is 61.2 Å². The lowest BCUT2D eigenvalue weighted by molar-refractivity contribution is -0.121. The van der Waals surface area contributed by atoms with E-state index >= 15 is 0 Å². The van der Waals surface area contributed by atoms with E-state index < -0.39 is 17.8 Å². The second kappa shape index (κ2) is 12.5. The van der Waals surface area contributed by atoms with E-state index in [1.807, 2.05) is 58.1 Å². The van der Waals surface area contributed by atoms with Crippen molar-refractivity contribution >= 4 is 29.3 Å². The summed E-state index contributed by atoms with van der Waals surface area (Å²) in [5.74, 6) is 0.0378. The van der Waals surface area contributed by atoms with E-state index in [9.17, 15) is 14.7 Å². The van der Waals surface area contributed by atoms with Gasteiger partial charge in [0.15, 0.2) is 0 Å². The number of alkyl carbamates (subject to hydrolysis) is 1. The number of anilines is 1. The number of aliphatic hydroxyl groups excluding tert-OH is 1. The van der Waals surface area contributed by atoms with Crippen molar-refractivity contribution in [3.05, 3.63) is 46.5 Å². The summed E-state index contributed by atoms with van der Waals surface area (Å²) < 4.78 is 17.0. The summed E-state index contributed by atoms with van der Waals surface area (Å²) in [5.41, 5.74) is 1.66. The summed E-state index contributed by atoms with van der Waals surface area (Å²) in [7, 11) is 3.18. The predicted molar refractivity (Wildman–Crippen MR) is 149 cm³/mol. The molecule has 3 unspecified atom stereocenters. The third-order valence-electron chi connectivity index (χ3n) is 7.53. The summed E-state index contributed by atoms with van der Waals surface area (Å²) in [6.45, 7) is 9.78. The number of epoxide rings is 1. The van der Waals surface area contributed by atoms with Crippen LogP contribution in [-0.2, 0) is 20.7 Å². The number of carbonyl (C=O) groups is 2. The molecule has 3 aliphatic heterocycles. The van der Waals surface area contributed by atoms with E-state index in [4.69, 9.17) is 25.8 Å². The molecule has 6 atom stereocenters. The number of allylic oxidation sites excluding steroid dienone is 3. The number of nitrogens with one attached hydrogen (secondary N) is 1. The van der Waals surface area contributed by atoms with Crippen LogP contribution in [0.5, 0.6) is 5.75 Å². The largest absolute Gasteiger partial charge is 0.495 e. The Morgan fingerprint density at radius 2 is 1.97 bits per heavy atom. The lowest BCUT2D eigenvalue weighted by Crippen LogP contribution is -2.49. The molecule has 4 rings (SSSR count). The minimum Gasteiger partial charge on any atom is -0.495 e. The summed E-state index contributed by atoms with van der Waals surface area (Å²) in [4.78, 5) is 26.9. The van der Waals surface area contributed by atoms with Gasteiger partial charge in [0.2, 0.25) is 5.91 Å². The molecule has 210 valence electrons. The minimum atomic E-state index is -1.04. The fourth-order valence-electron chi connectivity index (χ4n) is 5.16. The molecular formula is C29H41ClN2O6. The molecule has 9 heteroatoms. The van der Waals surface area contributed by atoms with Gasteiger partial charge < -0.3 is 29.5 Å². The molecule has 1 aromatic carbocycles. The Bertz CT molecular complexity index is 1090. The van der Waals surface area contributed by atoms with Crippen molar-refractivity contribution < 1.29 is 28.9 Å². The normalized spacial score (nSPS) is 33.9. The molecule has 4 bridgehead atoms. The van der Waals surface area contributed by atoms with Crippen LogP contribution < -0.4 is 15.0 Å². The summed E-state index contributed by atoms with van der Waals surface area (Å²) in [6, 6.07) is 3.69. The van der Waals surface area contributed by atoms with Crippen LogP contribution in [0.25, 0.3) is 0 Å². The Kier molecular flexibility index (Phi) is 9.90. The van der Waals surface area contributed by atoms with Crippen molar-refractivity contribution in [3.8, 4) is 5.75 Å². The van der Waals surface area contributed by atoms with Crippen LogP contribution >= 0.6 is 11.6 Å². The topological polar surface area (TPSA) is 101 Å². The zero-order chi connectivity index (χ0) is 28.2. The predicted octanol–water partition coefficient (Wildman–Crippen LogP) is 5.20. The summed E-state index contributed by atoms with van der Waals surface area (Å²) in [5, 5.41) is 14.2. The number of rotatable bonds is 1. The van der Waals surface area contributed by atoms with Gasteiger partial charge in [-0.2, -0.15) is 0 Å². The van der Waals surface area contributed by atoms with E-state index in [0.717, 1.165) is 11.1 Å². The van der Waals surface area contributed by atoms with Gasteiger partial charge in [-0.15, -0.1) is 0 Å².